The number of hydrogen-bond donors (Lipinski definition) is 1. The number of amides is 1. The maximum absolute atomic E-state index is 12.5. The highest BCUT2D eigenvalue weighted by atomic mass is 19.4. The van der Waals surface area contributed by atoms with Crippen LogP contribution in [0.4, 0.5) is 13.2 Å². The molecule has 0 aromatic heterocycles. The first-order chi connectivity index (χ1) is 7.80. The van der Waals surface area contributed by atoms with Crippen LogP contribution in [-0.4, -0.2) is 68.2 Å². The highest BCUT2D eigenvalue weighted by Crippen LogP contribution is 2.22. The zero-order valence-corrected chi connectivity index (χ0v) is 10.0. The van der Waals surface area contributed by atoms with Crippen molar-refractivity contribution < 1.29 is 18.0 Å². The zero-order chi connectivity index (χ0) is 13.1. The van der Waals surface area contributed by atoms with Gasteiger partial charge in [-0.3, -0.25) is 4.79 Å². The van der Waals surface area contributed by atoms with E-state index in [0.717, 1.165) is 0 Å². The fourth-order valence-corrected chi connectivity index (χ4v) is 1.67. The Morgan fingerprint density at radius 3 is 2.65 bits per heavy atom. The number of nitrogens with one attached hydrogen (secondary N) is 1. The van der Waals surface area contributed by atoms with Crippen molar-refractivity contribution in [2.45, 2.75) is 18.6 Å². The predicted molar refractivity (Wildman–Crippen MR) is 57.6 cm³/mol. The van der Waals surface area contributed by atoms with Gasteiger partial charge >= 0.3 is 6.18 Å². The van der Waals surface area contributed by atoms with Gasteiger partial charge in [0.05, 0.1) is 0 Å². The average molecular weight is 253 g/mol. The first-order valence-corrected chi connectivity index (χ1v) is 5.53. The maximum Gasteiger partial charge on any atom is 0.405 e. The molecule has 1 fully saturated rings. The van der Waals surface area contributed by atoms with E-state index in [1.165, 1.54) is 4.90 Å². The Bertz CT molecular complexity index is 268. The third-order valence-corrected chi connectivity index (χ3v) is 2.70. The summed E-state index contributed by atoms with van der Waals surface area (Å²) in [4.78, 5) is 14.8. The second kappa shape index (κ2) is 5.68. The molecule has 1 heterocycles. The van der Waals surface area contributed by atoms with Crippen LogP contribution in [0.1, 0.15) is 6.42 Å². The molecule has 1 amide bonds. The van der Waals surface area contributed by atoms with Crippen molar-refractivity contribution in [3.05, 3.63) is 0 Å². The summed E-state index contributed by atoms with van der Waals surface area (Å²) in [7, 11) is 3.65. The minimum atomic E-state index is -4.29. The van der Waals surface area contributed by atoms with Gasteiger partial charge in [0.2, 0.25) is 5.91 Å². The molecule has 0 aromatic rings. The lowest BCUT2D eigenvalue weighted by atomic mass is 10.2. The van der Waals surface area contributed by atoms with Crippen LogP contribution in [0.25, 0.3) is 0 Å². The monoisotopic (exact) mass is 253 g/mol. The van der Waals surface area contributed by atoms with Crippen molar-refractivity contribution in [2.75, 3.05) is 40.3 Å². The first-order valence-electron chi connectivity index (χ1n) is 5.53. The van der Waals surface area contributed by atoms with Crippen molar-refractivity contribution in [2.24, 2.45) is 0 Å². The second-order valence-corrected chi connectivity index (χ2v) is 4.44. The van der Waals surface area contributed by atoms with Crippen LogP contribution >= 0.6 is 0 Å². The normalized spacial score (nSPS) is 22.0. The lowest BCUT2D eigenvalue weighted by Crippen LogP contribution is -2.58. The van der Waals surface area contributed by atoms with E-state index < -0.39 is 12.2 Å². The number of carbonyl (C=O) groups is 1. The number of piperazine rings is 1. The van der Waals surface area contributed by atoms with Crippen molar-refractivity contribution in [3.63, 3.8) is 0 Å². The summed E-state index contributed by atoms with van der Waals surface area (Å²) in [6.07, 6.45) is -4.03. The fraction of sp³-hybridized carbons (Fsp3) is 0.900. The number of halogens is 3. The third kappa shape index (κ3) is 4.51. The van der Waals surface area contributed by atoms with E-state index in [-0.39, 0.29) is 25.4 Å². The summed E-state index contributed by atoms with van der Waals surface area (Å²) in [5.74, 6) is -0.213. The van der Waals surface area contributed by atoms with E-state index in [1.807, 2.05) is 19.0 Å². The summed E-state index contributed by atoms with van der Waals surface area (Å²) in [5, 5.41) is 2.38. The van der Waals surface area contributed by atoms with Gasteiger partial charge in [-0.2, -0.15) is 13.2 Å². The molecule has 4 nitrogen and oxygen atoms in total. The lowest BCUT2D eigenvalue weighted by molar-refractivity contribution is -0.168. The smallest absolute Gasteiger partial charge is 0.339 e. The first kappa shape index (κ1) is 14.2. The number of alkyl halides is 3. The molecule has 1 rings (SSSR count). The highest BCUT2D eigenvalue weighted by molar-refractivity contribution is 5.76. The van der Waals surface area contributed by atoms with E-state index in [0.29, 0.717) is 13.1 Å². The van der Waals surface area contributed by atoms with Crippen LogP contribution in [0.15, 0.2) is 0 Å². The summed E-state index contributed by atoms with van der Waals surface area (Å²) in [6, 6.07) is -1.60. The topological polar surface area (TPSA) is 35.6 Å². The molecule has 17 heavy (non-hydrogen) atoms. The van der Waals surface area contributed by atoms with Crippen LogP contribution in [0.2, 0.25) is 0 Å². The van der Waals surface area contributed by atoms with Crippen molar-refractivity contribution in [1.29, 1.82) is 0 Å². The van der Waals surface area contributed by atoms with Gasteiger partial charge in [-0.15, -0.1) is 0 Å². The molecule has 0 bridgehead atoms. The van der Waals surface area contributed by atoms with E-state index in [4.69, 9.17) is 0 Å². The van der Waals surface area contributed by atoms with Crippen molar-refractivity contribution >= 4 is 5.91 Å². The number of carbonyl (C=O) groups excluding carboxylic acids is 1. The second-order valence-electron chi connectivity index (χ2n) is 4.44. The largest absolute Gasteiger partial charge is 0.405 e. The molecule has 1 atom stereocenters. The number of rotatable bonds is 3. The summed E-state index contributed by atoms with van der Waals surface area (Å²) < 4.78 is 37.5. The minimum Gasteiger partial charge on any atom is -0.339 e. The molecule has 0 saturated carbocycles. The van der Waals surface area contributed by atoms with Crippen molar-refractivity contribution in [3.8, 4) is 0 Å². The number of hydrogen-bond acceptors (Lipinski definition) is 3. The molecule has 1 unspecified atom stereocenters. The van der Waals surface area contributed by atoms with Crippen LogP contribution in [0.3, 0.4) is 0 Å². The van der Waals surface area contributed by atoms with Crippen molar-refractivity contribution in [1.82, 2.24) is 15.1 Å². The van der Waals surface area contributed by atoms with Gasteiger partial charge in [0, 0.05) is 32.6 Å². The van der Waals surface area contributed by atoms with Gasteiger partial charge in [0.1, 0.15) is 6.04 Å². The standard InChI is InChI=1S/C10H18F3N3O/c1-15(2)5-3-9(17)16-6-4-14-8(7-16)10(11,12)13/h8,14H,3-7H2,1-2H3. The maximum atomic E-state index is 12.5. The Labute approximate surface area is 98.7 Å². The van der Waals surface area contributed by atoms with Crippen LogP contribution in [0, 0.1) is 0 Å². The van der Waals surface area contributed by atoms with E-state index in [9.17, 15) is 18.0 Å². The van der Waals surface area contributed by atoms with Crippen LogP contribution in [0.5, 0.6) is 0 Å². The summed E-state index contributed by atoms with van der Waals surface area (Å²) in [6.45, 7) is 0.811. The SMILES string of the molecule is CN(C)CCC(=O)N1CCNC(C(F)(F)F)C1. The molecule has 1 saturated heterocycles. The quantitative estimate of drug-likeness (QED) is 0.786. The Hall–Kier alpha value is -0.820. The van der Waals surface area contributed by atoms with Crippen LogP contribution in [-0.2, 0) is 4.79 Å². The zero-order valence-electron chi connectivity index (χ0n) is 10.0. The Balaban J connectivity index is 2.46. The molecule has 1 N–H and O–H groups in total. The average Bonchev–Trinajstić information content (AvgIpc) is 2.25. The molecule has 0 spiro atoms. The van der Waals surface area contributed by atoms with Gasteiger partial charge in [0.25, 0.3) is 0 Å². The predicted octanol–water partition coefficient (Wildman–Crippen LogP) is 0.301. The van der Waals surface area contributed by atoms with E-state index >= 15 is 0 Å². The fourth-order valence-electron chi connectivity index (χ4n) is 1.67. The highest BCUT2D eigenvalue weighted by Gasteiger charge is 2.42. The number of nitrogens with zero attached hydrogens (tertiary/aromatic N) is 2. The summed E-state index contributed by atoms with van der Waals surface area (Å²) in [5.41, 5.74) is 0. The summed E-state index contributed by atoms with van der Waals surface area (Å²) >= 11 is 0. The molecule has 0 radical (unpaired) electrons. The van der Waals surface area contributed by atoms with Gasteiger partial charge in [-0.05, 0) is 14.1 Å². The molecule has 0 aromatic carbocycles. The molecular weight excluding hydrogens is 235 g/mol. The van der Waals surface area contributed by atoms with Crippen LogP contribution < -0.4 is 5.32 Å². The Kier molecular flexibility index (Phi) is 4.76. The van der Waals surface area contributed by atoms with Gasteiger partial charge in [-0.25, -0.2) is 0 Å². The minimum absolute atomic E-state index is 0.192. The van der Waals surface area contributed by atoms with Gasteiger partial charge in [0.15, 0.2) is 0 Å². The molecule has 100 valence electrons. The van der Waals surface area contributed by atoms with E-state index in [2.05, 4.69) is 5.32 Å². The van der Waals surface area contributed by atoms with Gasteiger partial charge in [-0.1, -0.05) is 0 Å². The lowest BCUT2D eigenvalue weighted by Gasteiger charge is -2.34. The molecule has 1 aliphatic heterocycles. The van der Waals surface area contributed by atoms with Gasteiger partial charge < -0.3 is 15.1 Å². The Morgan fingerprint density at radius 2 is 2.12 bits per heavy atom. The third-order valence-electron chi connectivity index (χ3n) is 2.70. The molecular formula is C10H18F3N3O. The molecule has 1 aliphatic rings. The molecule has 0 aliphatic carbocycles. The molecule has 7 heteroatoms. The Morgan fingerprint density at radius 1 is 1.47 bits per heavy atom. The van der Waals surface area contributed by atoms with E-state index in [1.54, 1.807) is 0 Å².